The molecule has 0 aliphatic rings. The zero-order chi connectivity index (χ0) is 15.4. The van der Waals surface area contributed by atoms with Gasteiger partial charge in [0, 0.05) is 0 Å². The van der Waals surface area contributed by atoms with E-state index in [1.165, 1.54) is 51.4 Å². The van der Waals surface area contributed by atoms with Crippen LogP contribution in [0.15, 0.2) is 0 Å². The molecule has 0 saturated heterocycles. The van der Waals surface area contributed by atoms with Crippen molar-refractivity contribution in [3.8, 4) is 0 Å². The topological polar surface area (TPSA) is 37.3 Å². The van der Waals surface area contributed by atoms with Crippen molar-refractivity contribution in [2.75, 3.05) is 0 Å². The zero-order valence-corrected chi connectivity index (χ0v) is 14.2. The van der Waals surface area contributed by atoms with E-state index in [-0.39, 0.29) is 5.92 Å². The fourth-order valence-electron chi connectivity index (χ4n) is 2.58. The van der Waals surface area contributed by atoms with Gasteiger partial charge in [0.05, 0.1) is 5.92 Å². The van der Waals surface area contributed by atoms with Crippen LogP contribution < -0.4 is 0 Å². The molecule has 0 spiro atoms. The molecule has 0 aliphatic carbocycles. The highest BCUT2D eigenvalue weighted by molar-refractivity contribution is 5.69. The summed E-state index contributed by atoms with van der Waals surface area (Å²) < 4.78 is 0. The van der Waals surface area contributed by atoms with Crippen molar-refractivity contribution >= 4 is 5.97 Å². The first kappa shape index (κ1) is 19.5. The zero-order valence-electron chi connectivity index (χ0n) is 14.2. The number of carboxylic acids is 1. The Bertz CT molecular complexity index is 238. The first-order valence-electron chi connectivity index (χ1n) is 8.70. The molecule has 0 amide bonds. The van der Waals surface area contributed by atoms with Crippen molar-refractivity contribution in [2.45, 2.75) is 91.9 Å². The average Bonchev–Trinajstić information content (AvgIpc) is 2.41. The van der Waals surface area contributed by atoms with Gasteiger partial charge in [-0.15, -0.1) is 0 Å². The van der Waals surface area contributed by atoms with Crippen LogP contribution in [0.2, 0.25) is 0 Å². The van der Waals surface area contributed by atoms with Crippen molar-refractivity contribution in [2.24, 2.45) is 17.8 Å². The van der Waals surface area contributed by atoms with Crippen LogP contribution in [-0.2, 0) is 4.79 Å². The van der Waals surface area contributed by atoms with Crippen molar-refractivity contribution in [1.82, 2.24) is 0 Å². The summed E-state index contributed by atoms with van der Waals surface area (Å²) in [4.78, 5) is 10.7. The van der Waals surface area contributed by atoms with E-state index in [0.717, 1.165) is 24.7 Å². The van der Waals surface area contributed by atoms with Gasteiger partial charge in [-0.3, -0.25) is 4.79 Å². The Kier molecular flexibility index (Phi) is 11.9. The molecule has 0 saturated carbocycles. The van der Waals surface area contributed by atoms with E-state index >= 15 is 0 Å². The Morgan fingerprint density at radius 3 is 1.85 bits per heavy atom. The minimum absolute atomic E-state index is 0.172. The van der Waals surface area contributed by atoms with Crippen molar-refractivity contribution < 1.29 is 9.90 Å². The number of hydrogen-bond donors (Lipinski definition) is 1. The summed E-state index contributed by atoms with van der Waals surface area (Å²) in [7, 11) is 0. The van der Waals surface area contributed by atoms with Gasteiger partial charge in [0.2, 0.25) is 0 Å². The molecular formula is C18H36O2. The highest BCUT2D eigenvalue weighted by Crippen LogP contribution is 2.20. The van der Waals surface area contributed by atoms with Gasteiger partial charge in [0.25, 0.3) is 0 Å². The van der Waals surface area contributed by atoms with Gasteiger partial charge >= 0.3 is 5.97 Å². The second-order valence-electron chi connectivity index (χ2n) is 6.78. The molecule has 2 nitrogen and oxygen atoms in total. The number of aliphatic carboxylic acids is 1. The van der Waals surface area contributed by atoms with Gasteiger partial charge in [-0.25, -0.2) is 0 Å². The lowest BCUT2D eigenvalue weighted by molar-refractivity contribution is -0.141. The molecule has 3 unspecified atom stereocenters. The molecule has 0 aromatic heterocycles. The van der Waals surface area contributed by atoms with Crippen LogP contribution in [0.3, 0.4) is 0 Å². The Hall–Kier alpha value is -0.530. The summed E-state index contributed by atoms with van der Waals surface area (Å²) in [5, 5.41) is 8.80. The molecule has 20 heavy (non-hydrogen) atoms. The van der Waals surface area contributed by atoms with Gasteiger partial charge in [0.1, 0.15) is 0 Å². The van der Waals surface area contributed by atoms with Crippen LogP contribution in [0.1, 0.15) is 91.9 Å². The largest absolute Gasteiger partial charge is 0.481 e. The number of hydrogen-bond acceptors (Lipinski definition) is 1. The van der Waals surface area contributed by atoms with Crippen LogP contribution in [-0.4, -0.2) is 11.1 Å². The van der Waals surface area contributed by atoms with E-state index in [1.807, 2.05) is 6.92 Å². The fourth-order valence-corrected chi connectivity index (χ4v) is 2.58. The number of rotatable bonds is 13. The highest BCUT2D eigenvalue weighted by atomic mass is 16.4. The standard InChI is InChI=1S/C18H36O2/c1-5-15(2)12-10-13-16(3)11-8-6-7-9-14-17(4)18(19)20/h15-17H,5-14H2,1-4H3,(H,19,20). The third-order valence-corrected chi connectivity index (χ3v) is 4.60. The first-order chi connectivity index (χ1) is 9.47. The van der Waals surface area contributed by atoms with E-state index in [2.05, 4.69) is 20.8 Å². The number of carbonyl (C=O) groups is 1. The summed E-state index contributed by atoms with van der Waals surface area (Å²) in [6.45, 7) is 8.81. The van der Waals surface area contributed by atoms with Crippen molar-refractivity contribution in [3.63, 3.8) is 0 Å². The van der Waals surface area contributed by atoms with E-state index in [1.54, 1.807) is 0 Å². The third kappa shape index (κ3) is 11.3. The summed E-state index contributed by atoms with van der Waals surface area (Å²) in [6.07, 6.45) is 12.5. The van der Waals surface area contributed by atoms with E-state index in [9.17, 15) is 4.79 Å². The molecule has 0 heterocycles. The molecule has 0 aromatic rings. The number of carboxylic acid groups (broad SMARTS) is 1. The molecule has 2 heteroatoms. The van der Waals surface area contributed by atoms with E-state index in [4.69, 9.17) is 5.11 Å². The van der Waals surface area contributed by atoms with E-state index < -0.39 is 5.97 Å². The normalized spacial score (nSPS) is 15.8. The maximum Gasteiger partial charge on any atom is 0.306 e. The lowest BCUT2D eigenvalue weighted by Gasteiger charge is -2.13. The molecular weight excluding hydrogens is 248 g/mol. The Morgan fingerprint density at radius 1 is 0.800 bits per heavy atom. The quantitative estimate of drug-likeness (QED) is 0.427. The summed E-state index contributed by atoms with van der Waals surface area (Å²) in [5.74, 6) is 0.921. The van der Waals surface area contributed by atoms with Gasteiger partial charge in [-0.2, -0.15) is 0 Å². The highest BCUT2D eigenvalue weighted by Gasteiger charge is 2.09. The maximum atomic E-state index is 10.7. The second kappa shape index (κ2) is 12.2. The van der Waals surface area contributed by atoms with Crippen molar-refractivity contribution in [3.05, 3.63) is 0 Å². The van der Waals surface area contributed by atoms with Crippen LogP contribution in [0.5, 0.6) is 0 Å². The van der Waals surface area contributed by atoms with Crippen LogP contribution >= 0.6 is 0 Å². The summed E-state index contributed by atoms with van der Waals surface area (Å²) in [5.41, 5.74) is 0. The minimum atomic E-state index is -0.653. The molecule has 0 bridgehead atoms. The SMILES string of the molecule is CCC(C)CCCC(C)CCCCCCC(C)C(=O)O. The van der Waals surface area contributed by atoms with Crippen LogP contribution in [0.4, 0.5) is 0 Å². The Morgan fingerprint density at radius 2 is 1.30 bits per heavy atom. The molecule has 120 valence electrons. The molecule has 0 aromatic carbocycles. The molecule has 0 aliphatic heterocycles. The minimum Gasteiger partial charge on any atom is -0.481 e. The third-order valence-electron chi connectivity index (χ3n) is 4.60. The number of unbranched alkanes of at least 4 members (excludes halogenated alkanes) is 3. The molecule has 0 radical (unpaired) electrons. The lowest BCUT2D eigenvalue weighted by atomic mass is 9.93. The van der Waals surface area contributed by atoms with Crippen LogP contribution in [0.25, 0.3) is 0 Å². The molecule has 0 fully saturated rings. The molecule has 3 atom stereocenters. The molecule has 1 N–H and O–H groups in total. The van der Waals surface area contributed by atoms with Gasteiger partial charge < -0.3 is 5.11 Å². The monoisotopic (exact) mass is 284 g/mol. The smallest absolute Gasteiger partial charge is 0.306 e. The van der Waals surface area contributed by atoms with E-state index in [0.29, 0.717) is 0 Å². The van der Waals surface area contributed by atoms with Gasteiger partial charge in [0.15, 0.2) is 0 Å². The lowest BCUT2D eigenvalue weighted by Crippen LogP contribution is -2.08. The Labute approximate surface area is 126 Å². The molecule has 0 rings (SSSR count). The Balaban J connectivity index is 3.35. The van der Waals surface area contributed by atoms with Crippen molar-refractivity contribution in [1.29, 1.82) is 0 Å². The predicted octanol–water partition coefficient (Wildman–Crippen LogP) is 5.90. The first-order valence-corrected chi connectivity index (χ1v) is 8.70. The summed E-state index contributed by atoms with van der Waals surface area (Å²) in [6, 6.07) is 0. The maximum absolute atomic E-state index is 10.7. The van der Waals surface area contributed by atoms with Gasteiger partial charge in [-0.05, 0) is 18.3 Å². The second-order valence-corrected chi connectivity index (χ2v) is 6.78. The predicted molar refractivity (Wildman–Crippen MR) is 87.0 cm³/mol. The van der Waals surface area contributed by atoms with Gasteiger partial charge in [-0.1, -0.05) is 85.5 Å². The fraction of sp³-hybridized carbons (Fsp3) is 0.944. The summed E-state index contributed by atoms with van der Waals surface area (Å²) >= 11 is 0. The van der Waals surface area contributed by atoms with Crippen LogP contribution in [0, 0.1) is 17.8 Å². The average molecular weight is 284 g/mol.